The van der Waals surface area contributed by atoms with Crippen molar-refractivity contribution >= 4 is 37.8 Å². The monoisotopic (exact) mass is 412 g/mol. The van der Waals surface area contributed by atoms with Crippen LogP contribution in [-0.4, -0.2) is 22.4 Å². The maximum absolute atomic E-state index is 12.6. The second-order valence-corrected chi connectivity index (χ2v) is 6.86. The fourth-order valence-corrected chi connectivity index (χ4v) is 2.94. The van der Waals surface area contributed by atoms with Crippen LogP contribution in [0.2, 0.25) is 0 Å². The van der Waals surface area contributed by atoms with Crippen LogP contribution in [0.3, 0.4) is 0 Å². The first kappa shape index (κ1) is 16.3. The van der Waals surface area contributed by atoms with Gasteiger partial charge in [-0.25, -0.2) is 0 Å². The Bertz CT molecular complexity index is 620. The van der Waals surface area contributed by atoms with E-state index in [0.29, 0.717) is 6.54 Å². The molecule has 0 atom stereocenters. The molecule has 1 aromatic carbocycles. The molecule has 21 heavy (non-hydrogen) atoms. The molecular weight excluding hydrogens is 396 g/mol. The molecule has 0 fully saturated rings. The zero-order valence-corrected chi connectivity index (χ0v) is 15.3. The Balaban J connectivity index is 2.13. The van der Waals surface area contributed by atoms with E-state index in [1.807, 2.05) is 48.1 Å². The fourth-order valence-electron chi connectivity index (χ4n) is 2.21. The summed E-state index contributed by atoms with van der Waals surface area (Å²) in [6.07, 6.45) is 2.96. The molecule has 0 saturated carbocycles. The van der Waals surface area contributed by atoms with E-state index in [2.05, 4.69) is 38.8 Å². The minimum atomic E-state index is 0.0390. The van der Waals surface area contributed by atoms with Crippen molar-refractivity contribution in [1.82, 2.24) is 9.47 Å². The van der Waals surface area contributed by atoms with E-state index < -0.39 is 0 Å². The molecule has 5 heteroatoms. The number of carbonyl (C=O) groups is 1. The van der Waals surface area contributed by atoms with Crippen LogP contribution in [0.5, 0.6) is 0 Å². The van der Waals surface area contributed by atoms with Gasteiger partial charge in [0.05, 0.1) is 0 Å². The molecular formula is C16H18Br2N2O. The molecule has 112 valence electrons. The Kier molecular flexibility index (Phi) is 5.65. The van der Waals surface area contributed by atoms with Gasteiger partial charge in [-0.1, -0.05) is 35.0 Å². The molecule has 1 aromatic heterocycles. The molecule has 1 heterocycles. The number of carbonyl (C=O) groups excluding carboxylic acids is 1. The van der Waals surface area contributed by atoms with Crippen LogP contribution in [0.1, 0.15) is 29.4 Å². The van der Waals surface area contributed by atoms with Gasteiger partial charge >= 0.3 is 0 Å². The summed E-state index contributed by atoms with van der Waals surface area (Å²) in [4.78, 5) is 14.3. The highest BCUT2D eigenvalue weighted by atomic mass is 79.9. The average Bonchev–Trinajstić information content (AvgIpc) is 2.82. The van der Waals surface area contributed by atoms with E-state index >= 15 is 0 Å². The molecule has 0 N–H and O–H groups in total. The topological polar surface area (TPSA) is 25.2 Å². The van der Waals surface area contributed by atoms with Gasteiger partial charge in [-0.2, -0.15) is 0 Å². The predicted molar refractivity (Wildman–Crippen MR) is 92.4 cm³/mol. The fraction of sp³-hybridized carbons (Fsp3) is 0.312. The van der Waals surface area contributed by atoms with Crippen LogP contribution >= 0.6 is 31.9 Å². The largest absolute Gasteiger partial charge is 0.342 e. The van der Waals surface area contributed by atoms with Crippen LogP contribution in [0.4, 0.5) is 0 Å². The number of hydrogen-bond donors (Lipinski definition) is 0. The van der Waals surface area contributed by atoms with Crippen molar-refractivity contribution in [3.8, 4) is 0 Å². The second-order valence-electron chi connectivity index (χ2n) is 5.02. The van der Waals surface area contributed by atoms with Gasteiger partial charge < -0.3 is 9.47 Å². The van der Waals surface area contributed by atoms with E-state index in [4.69, 9.17) is 0 Å². The minimum absolute atomic E-state index is 0.0390. The molecule has 0 bridgehead atoms. The highest BCUT2D eigenvalue weighted by Crippen LogP contribution is 2.18. The number of aromatic nitrogens is 1. The highest BCUT2D eigenvalue weighted by Gasteiger charge is 2.17. The molecule has 1 amide bonds. The molecule has 0 unspecified atom stereocenters. The lowest BCUT2D eigenvalue weighted by molar-refractivity contribution is 0.0774. The molecule has 2 rings (SSSR count). The zero-order chi connectivity index (χ0) is 15.4. The molecule has 0 saturated heterocycles. The van der Waals surface area contributed by atoms with E-state index in [0.717, 1.165) is 33.2 Å². The Morgan fingerprint density at radius 1 is 1.19 bits per heavy atom. The molecule has 0 aliphatic rings. The summed E-state index contributed by atoms with van der Waals surface area (Å²) in [5, 5.41) is 0. The predicted octanol–water partition coefficient (Wildman–Crippen LogP) is 4.70. The van der Waals surface area contributed by atoms with E-state index in [1.54, 1.807) is 4.90 Å². The zero-order valence-electron chi connectivity index (χ0n) is 12.1. The van der Waals surface area contributed by atoms with Crippen LogP contribution in [-0.2, 0) is 13.1 Å². The van der Waals surface area contributed by atoms with Crippen molar-refractivity contribution in [1.29, 1.82) is 0 Å². The maximum atomic E-state index is 12.6. The molecule has 3 nitrogen and oxygen atoms in total. The lowest BCUT2D eigenvalue weighted by atomic mass is 10.2. The van der Waals surface area contributed by atoms with Gasteiger partial charge in [-0.15, -0.1) is 0 Å². The number of halogens is 2. The first-order valence-corrected chi connectivity index (χ1v) is 8.45. The lowest BCUT2D eigenvalue weighted by Crippen LogP contribution is -2.28. The lowest BCUT2D eigenvalue weighted by Gasteiger charge is -2.18. The number of rotatable bonds is 5. The van der Waals surface area contributed by atoms with Gasteiger partial charge in [0, 0.05) is 35.3 Å². The standard InChI is InChI=1S/C16H18Br2N2O/c1-3-8-20-11-14(18)9-15(20)16(21)19(2)10-12-4-6-13(17)7-5-12/h4-7,9,11H,3,8,10H2,1-2H3. The summed E-state index contributed by atoms with van der Waals surface area (Å²) in [6, 6.07) is 9.91. The molecule has 0 aliphatic carbocycles. The summed E-state index contributed by atoms with van der Waals surface area (Å²) in [5.74, 6) is 0.0390. The Morgan fingerprint density at radius 3 is 2.48 bits per heavy atom. The third-order valence-corrected chi connectivity index (χ3v) is 4.19. The van der Waals surface area contributed by atoms with E-state index in [9.17, 15) is 4.79 Å². The quantitative estimate of drug-likeness (QED) is 0.697. The Hall–Kier alpha value is -1.07. The second kappa shape index (κ2) is 7.27. The molecule has 2 aromatic rings. The Morgan fingerprint density at radius 2 is 1.86 bits per heavy atom. The van der Waals surface area contributed by atoms with Crippen molar-refractivity contribution < 1.29 is 4.79 Å². The van der Waals surface area contributed by atoms with Crippen LogP contribution in [0.15, 0.2) is 45.5 Å². The van der Waals surface area contributed by atoms with E-state index in [-0.39, 0.29) is 5.91 Å². The van der Waals surface area contributed by atoms with Crippen molar-refractivity contribution in [2.75, 3.05) is 7.05 Å². The normalized spacial score (nSPS) is 10.7. The smallest absolute Gasteiger partial charge is 0.270 e. The van der Waals surface area contributed by atoms with Gasteiger partial charge in [0.15, 0.2) is 0 Å². The summed E-state index contributed by atoms with van der Waals surface area (Å²) in [5.41, 5.74) is 1.84. The summed E-state index contributed by atoms with van der Waals surface area (Å²) in [7, 11) is 1.83. The minimum Gasteiger partial charge on any atom is -0.342 e. The van der Waals surface area contributed by atoms with Gasteiger partial charge in [0.2, 0.25) is 0 Å². The maximum Gasteiger partial charge on any atom is 0.270 e. The van der Waals surface area contributed by atoms with Crippen LogP contribution < -0.4 is 0 Å². The first-order chi connectivity index (χ1) is 10.0. The van der Waals surface area contributed by atoms with Gasteiger partial charge in [0.25, 0.3) is 5.91 Å². The SMILES string of the molecule is CCCn1cc(Br)cc1C(=O)N(C)Cc1ccc(Br)cc1. The summed E-state index contributed by atoms with van der Waals surface area (Å²) in [6.45, 7) is 3.55. The van der Waals surface area contributed by atoms with Gasteiger partial charge in [-0.05, 0) is 46.1 Å². The molecule has 0 radical (unpaired) electrons. The first-order valence-electron chi connectivity index (χ1n) is 6.87. The highest BCUT2D eigenvalue weighted by molar-refractivity contribution is 9.10. The third-order valence-electron chi connectivity index (χ3n) is 3.23. The van der Waals surface area contributed by atoms with Crippen molar-refractivity contribution in [2.24, 2.45) is 0 Å². The molecule has 0 aliphatic heterocycles. The number of amides is 1. The number of aryl methyl sites for hydroxylation is 1. The third kappa shape index (κ3) is 4.20. The number of benzene rings is 1. The number of hydrogen-bond acceptors (Lipinski definition) is 1. The average molecular weight is 414 g/mol. The number of nitrogens with zero attached hydrogens (tertiary/aromatic N) is 2. The van der Waals surface area contributed by atoms with Crippen LogP contribution in [0.25, 0.3) is 0 Å². The van der Waals surface area contributed by atoms with Crippen LogP contribution in [0, 0.1) is 0 Å². The van der Waals surface area contributed by atoms with E-state index in [1.165, 1.54) is 0 Å². The van der Waals surface area contributed by atoms with Gasteiger partial charge in [-0.3, -0.25) is 4.79 Å². The van der Waals surface area contributed by atoms with Crippen molar-refractivity contribution in [3.63, 3.8) is 0 Å². The molecule has 0 spiro atoms. The summed E-state index contributed by atoms with van der Waals surface area (Å²) >= 11 is 6.87. The van der Waals surface area contributed by atoms with Crippen molar-refractivity contribution in [3.05, 3.63) is 56.7 Å². The summed E-state index contributed by atoms with van der Waals surface area (Å²) < 4.78 is 3.99. The van der Waals surface area contributed by atoms with Crippen molar-refractivity contribution in [2.45, 2.75) is 26.4 Å². The van der Waals surface area contributed by atoms with Gasteiger partial charge in [0.1, 0.15) is 5.69 Å². The Labute approximate surface area is 142 Å².